The Labute approximate surface area is 89.6 Å². The van der Waals surface area contributed by atoms with E-state index in [2.05, 4.69) is 17.2 Å². The number of aliphatic carboxylic acids is 1. The molecule has 0 saturated carbocycles. The minimum atomic E-state index is -1.26. The first kappa shape index (κ1) is 13.5. The van der Waals surface area contributed by atoms with Crippen molar-refractivity contribution in [3.05, 3.63) is 12.2 Å². The topological polar surface area (TPSA) is 78.4 Å². The molecule has 0 aliphatic rings. The Bertz CT molecular complexity index is 272. The van der Waals surface area contributed by atoms with E-state index in [1.807, 2.05) is 6.92 Å². The Morgan fingerprint density at radius 2 is 1.93 bits per heavy atom. The van der Waals surface area contributed by atoms with Crippen LogP contribution < -0.4 is 10.6 Å². The highest BCUT2D eigenvalue weighted by Gasteiger charge is 2.28. The second-order valence-corrected chi connectivity index (χ2v) is 4.02. The fraction of sp³-hybridized carbons (Fsp3) is 0.600. The zero-order valence-corrected chi connectivity index (χ0v) is 9.39. The fourth-order valence-electron chi connectivity index (χ4n) is 0.771. The average Bonchev–Trinajstić information content (AvgIpc) is 2.01. The van der Waals surface area contributed by atoms with Crippen LogP contribution in [0.1, 0.15) is 27.2 Å². The number of carbonyl (C=O) groups excluding carboxylic acids is 1. The van der Waals surface area contributed by atoms with Crippen molar-refractivity contribution in [3.63, 3.8) is 0 Å². The van der Waals surface area contributed by atoms with Gasteiger partial charge in [0.1, 0.15) is 5.54 Å². The monoisotopic (exact) mass is 214 g/mol. The van der Waals surface area contributed by atoms with Gasteiger partial charge in [-0.05, 0) is 27.2 Å². The van der Waals surface area contributed by atoms with Crippen LogP contribution in [0.3, 0.4) is 0 Å². The zero-order valence-electron chi connectivity index (χ0n) is 9.39. The molecule has 0 atom stereocenters. The fourth-order valence-corrected chi connectivity index (χ4v) is 0.771. The molecular formula is C10H18N2O3. The van der Waals surface area contributed by atoms with Gasteiger partial charge in [-0.1, -0.05) is 5.57 Å². The van der Waals surface area contributed by atoms with Gasteiger partial charge in [0.15, 0.2) is 0 Å². The van der Waals surface area contributed by atoms with E-state index in [4.69, 9.17) is 5.11 Å². The first-order valence-electron chi connectivity index (χ1n) is 4.69. The number of amides is 2. The molecule has 0 aromatic carbocycles. The summed E-state index contributed by atoms with van der Waals surface area (Å²) in [5.41, 5.74) is -0.291. The lowest BCUT2D eigenvalue weighted by Crippen LogP contribution is -2.53. The number of urea groups is 1. The molecule has 0 heterocycles. The summed E-state index contributed by atoms with van der Waals surface area (Å²) < 4.78 is 0. The molecule has 0 spiro atoms. The van der Waals surface area contributed by atoms with Crippen LogP contribution in [0.4, 0.5) is 4.79 Å². The summed E-state index contributed by atoms with van der Waals surface area (Å²) in [5.74, 6) is -1.07. The van der Waals surface area contributed by atoms with Crippen LogP contribution in [-0.2, 0) is 4.79 Å². The van der Waals surface area contributed by atoms with E-state index >= 15 is 0 Å². The molecule has 0 radical (unpaired) electrons. The van der Waals surface area contributed by atoms with E-state index in [0.29, 0.717) is 13.0 Å². The van der Waals surface area contributed by atoms with Gasteiger partial charge in [-0.15, -0.1) is 6.58 Å². The van der Waals surface area contributed by atoms with Crippen molar-refractivity contribution in [3.8, 4) is 0 Å². The summed E-state index contributed by atoms with van der Waals surface area (Å²) in [6.45, 7) is 8.85. The second kappa shape index (κ2) is 5.38. The third kappa shape index (κ3) is 5.72. The summed E-state index contributed by atoms with van der Waals surface area (Å²) in [7, 11) is 0. The van der Waals surface area contributed by atoms with E-state index in [-0.39, 0.29) is 0 Å². The minimum Gasteiger partial charge on any atom is -0.480 e. The third-order valence-electron chi connectivity index (χ3n) is 1.80. The van der Waals surface area contributed by atoms with Crippen molar-refractivity contribution in [1.82, 2.24) is 10.6 Å². The van der Waals surface area contributed by atoms with Crippen molar-refractivity contribution in [2.24, 2.45) is 0 Å². The molecule has 0 saturated heterocycles. The van der Waals surface area contributed by atoms with Gasteiger partial charge in [0.05, 0.1) is 0 Å². The molecule has 0 aliphatic carbocycles. The minimum absolute atomic E-state index is 0.455. The van der Waals surface area contributed by atoms with Crippen LogP contribution in [0.5, 0.6) is 0 Å². The highest BCUT2D eigenvalue weighted by molar-refractivity contribution is 5.85. The van der Waals surface area contributed by atoms with E-state index in [1.165, 1.54) is 13.8 Å². The Morgan fingerprint density at radius 3 is 2.33 bits per heavy atom. The Balaban J connectivity index is 3.94. The summed E-state index contributed by atoms with van der Waals surface area (Å²) in [6, 6.07) is -0.483. The van der Waals surface area contributed by atoms with Crippen molar-refractivity contribution in [1.29, 1.82) is 0 Å². The molecule has 0 rings (SSSR count). The van der Waals surface area contributed by atoms with Crippen LogP contribution in [0.15, 0.2) is 12.2 Å². The summed E-state index contributed by atoms with van der Waals surface area (Å²) in [5, 5.41) is 13.6. The lowest BCUT2D eigenvalue weighted by Gasteiger charge is -2.21. The maximum absolute atomic E-state index is 11.2. The van der Waals surface area contributed by atoms with Crippen LogP contribution in [0.25, 0.3) is 0 Å². The lowest BCUT2D eigenvalue weighted by atomic mass is 10.1. The van der Waals surface area contributed by atoms with Crippen molar-refractivity contribution in [2.75, 3.05) is 6.54 Å². The van der Waals surface area contributed by atoms with E-state index in [1.54, 1.807) is 0 Å². The van der Waals surface area contributed by atoms with Crippen LogP contribution in [0, 0.1) is 0 Å². The van der Waals surface area contributed by atoms with Crippen LogP contribution in [-0.4, -0.2) is 29.2 Å². The second-order valence-electron chi connectivity index (χ2n) is 4.02. The van der Waals surface area contributed by atoms with Crippen molar-refractivity contribution < 1.29 is 14.7 Å². The Morgan fingerprint density at radius 1 is 1.40 bits per heavy atom. The molecule has 5 nitrogen and oxygen atoms in total. The molecule has 0 aliphatic heterocycles. The number of hydrogen-bond donors (Lipinski definition) is 3. The highest BCUT2D eigenvalue weighted by Crippen LogP contribution is 2.01. The third-order valence-corrected chi connectivity index (χ3v) is 1.80. The summed E-state index contributed by atoms with van der Waals surface area (Å²) in [6.07, 6.45) is 0.681. The zero-order chi connectivity index (χ0) is 12.1. The van der Waals surface area contributed by atoms with E-state index in [9.17, 15) is 9.59 Å². The van der Waals surface area contributed by atoms with Gasteiger partial charge in [0.25, 0.3) is 0 Å². The summed E-state index contributed by atoms with van der Waals surface area (Å²) >= 11 is 0. The normalized spacial score (nSPS) is 10.6. The SMILES string of the molecule is C=C(C)CCNC(=O)NC(C)(C)C(=O)O. The van der Waals surface area contributed by atoms with Crippen LogP contribution in [0.2, 0.25) is 0 Å². The number of carboxylic acid groups (broad SMARTS) is 1. The van der Waals surface area contributed by atoms with Gasteiger partial charge in [-0.25, -0.2) is 9.59 Å². The molecule has 5 heteroatoms. The lowest BCUT2D eigenvalue weighted by molar-refractivity contribution is -0.142. The molecule has 86 valence electrons. The molecule has 0 unspecified atom stereocenters. The molecular weight excluding hydrogens is 196 g/mol. The number of rotatable bonds is 5. The standard InChI is InChI=1S/C10H18N2O3/c1-7(2)5-6-11-9(15)12-10(3,4)8(13)14/h1,5-6H2,2-4H3,(H,13,14)(H2,11,12,15). The predicted octanol–water partition coefficient (Wildman–Crippen LogP) is 1.11. The summed E-state index contributed by atoms with van der Waals surface area (Å²) in [4.78, 5) is 21.9. The van der Waals surface area contributed by atoms with Gasteiger partial charge >= 0.3 is 12.0 Å². The maximum atomic E-state index is 11.2. The number of hydrogen-bond acceptors (Lipinski definition) is 2. The predicted molar refractivity (Wildman–Crippen MR) is 57.7 cm³/mol. The first-order valence-corrected chi connectivity index (χ1v) is 4.69. The molecule has 0 bridgehead atoms. The van der Waals surface area contributed by atoms with Crippen molar-refractivity contribution in [2.45, 2.75) is 32.7 Å². The first-order chi connectivity index (χ1) is 6.75. The average molecular weight is 214 g/mol. The quantitative estimate of drug-likeness (QED) is 0.600. The van der Waals surface area contributed by atoms with Gasteiger partial charge in [0, 0.05) is 6.54 Å². The van der Waals surface area contributed by atoms with Crippen molar-refractivity contribution >= 4 is 12.0 Å². The van der Waals surface area contributed by atoms with Gasteiger partial charge in [-0.2, -0.15) is 0 Å². The van der Waals surface area contributed by atoms with E-state index < -0.39 is 17.5 Å². The van der Waals surface area contributed by atoms with Gasteiger partial charge in [0.2, 0.25) is 0 Å². The molecule has 0 aromatic rings. The van der Waals surface area contributed by atoms with Gasteiger partial charge < -0.3 is 15.7 Å². The highest BCUT2D eigenvalue weighted by atomic mass is 16.4. The maximum Gasteiger partial charge on any atom is 0.328 e. The molecule has 0 fully saturated rings. The molecule has 15 heavy (non-hydrogen) atoms. The van der Waals surface area contributed by atoms with Crippen LogP contribution >= 0.6 is 0 Å². The molecule has 3 N–H and O–H groups in total. The molecule has 2 amide bonds. The molecule has 0 aromatic heterocycles. The number of carboxylic acids is 1. The Hall–Kier alpha value is -1.52. The Kier molecular flexibility index (Phi) is 4.84. The van der Waals surface area contributed by atoms with Gasteiger partial charge in [-0.3, -0.25) is 0 Å². The number of carbonyl (C=O) groups is 2. The smallest absolute Gasteiger partial charge is 0.328 e. The largest absolute Gasteiger partial charge is 0.480 e. The van der Waals surface area contributed by atoms with E-state index in [0.717, 1.165) is 5.57 Å². The number of nitrogens with one attached hydrogen (secondary N) is 2.